The van der Waals surface area contributed by atoms with Crippen molar-refractivity contribution in [1.29, 1.82) is 0 Å². The van der Waals surface area contributed by atoms with Crippen molar-refractivity contribution in [3.8, 4) is 0 Å². The molecule has 0 saturated carbocycles. The Kier molecular flexibility index (Phi) is 8.00. The molecular weight excluding hydrogens is 156 g/mol. The molecule has 4 heteroatoms. The fraction of sp³-hybridized carbons (Fsp3) is 0.500. The van der Waals surface area contributed by atoms with Crippen LogP contribution in [0.25, 0.3) is 0 Å². The average Bonchev–Trinajstić information content (AvgIpc) is 1.82. The fourth-order valence-corrected chi connectivity index (χ4v) is 0.262. The Bertz CT molecular complexity index is 122. The second kappa shape index (κ2) is 6.58. The molecule has 0 saturated heterocycles. The first kappa shape index (κ1) is 12.2. The maximum Gasteiger partial charge on any atom is 0.333 e. The van der Waals surface area contributed by atoms with E-state index in [0.29, 0.717) is 5.57 Å². The molecule has 3 nitrogen and oxygen atoms in total. The molecule has 0 aromatic rings. The van der Waals surface area contributed by atoms with E-state index in [1.165, 1.54) is 0 Å². The molecule has 0 aliphatic heterocycles. The van der Waals surface area contributed by atoms with E-state index in [-0.39, 0.29) is 25.6 Å². The average molecular weight is 167 g/mol. The van der Waals surface area contributed by atoms with Crippen LogP contribution in [0.5, 0.6) is 0 Å². The number of ether oxygens (including phenoxy) is 1. The van der Waals surface area contributed by atoms with Gasteiger partial charge in [-0.05, 0) is 6.92 Å². The fourth-order valence-electron chi connectivity index (χ4n) is 0.262. The summed E-state index contributed by atoms with van der Waals surface area (Å²) in [7, 11) is 0. The maximum absolute atomic E-state index is 10.5. The molecule has 10 heavy (non-hydrogen) atoms. The minimum absolute atomic E-state index is 0. The molecule has 60 valence electrons. The largest absolute Gasteiger partial charge is 0.460 e. The standard InChI is InChI=1S/C6H10O3.ClH/c1-5(2)6(8)9-4-3-7;/h7H,1,3-4H2,2H3;1H. The number of hydrogen-bond acceptors (Lipinski definition) is 3. The highest BCUT2D eigenvalue weighted by atomic mass is 35.5. The molecule has 0 spiro atoms. The molecular formula is C6H11ClO3. The molecule has 0 rings (SSSR count). The summed E-state index contributed by atoms with van der Waals surface area (Å²) in [5.74, 6) is -0.455. The maximum atomic E-state index is 10.5. The van der Waals surface area contributed by atoms with Crippen LogP contribution in [0.1, 0.15) is 6.92 Å². The van der Waals surface area contributed by atoms with Gasteiger partial charge in [-0.1, -0.05) is 6.58 Å². The van der Waals surface area contributed by atoms with Gasteiger partial charge in [-0.25, -0.2) is 4.79 Å². The predicted molar refractivity (Wildman–Crippen MR) is 40.1 cm³/mol. The Morgan fingerprint density at radius 2 is 2.20 bits per heavy atom. The molecule has 0 fully saturated rings. The summed E-state index contributed by atoms with van der Waals surface area (Å²) in [6.45, 7) is 4.81. The van der Waals surface area contributed by atoms with Crippen molar-refractivity contribution in [3.63, 3.8) is 0 Å². The first-order valence-corrected chi connectivity index (χ1v) is 2.62. The van der Waals surface area contributed by atoms with E-state index in [1.807, 2.05) is 0 Å². The van der Waals surface area contributed by atoms with Gasteiger partial charge in [0.25, 0.3) is 0 Å². The van der Waals surface area contributed by atoms with Crippen LogP contribution < -0.4 is 0 Å². The normalized spacial score (nSPS) is 7.80. The van der Waals surface area contributed by atoms with Crippen molar-refractivity contribution < 1.29 is 14.6 Å². The summed E-state index contributed by atoms with van der Waals surface area (Å²) in [5.41, 5.74) is 0.350. The van der Waals surface area contributed by atoms with Gasteiger partial charge in [-0.3, -0.25) is 0 Å². The molecule has 0 radical (unpaired) electrons. The highest BCUT2D eigenvalue weighted by Crippen LogP contribution is 1.89. The Morgan fingerprint density at radius 3 is 2.50 bits per heavy atom. The number of aliphatic hydroxyl groups is 1. The Morgan fingerprint density at radius 1 is 1.70 bits per heavy atom. The van der Waals surface area contributed by atoms with Crippen LogP contribution in [0.2, 0.25) is 0 Å². The number of halogens is 1. The smallest absolute Gasteiger partial charge is 0.333 e. The third kappa shape index (κ3) is 5.59. The van der Waals surface area contributed by atoms with Crippen molar-refractivity contribution in [1.82, 2.24) is 0 Å². The molecule has 0 amide bonds. The summed E-state index contributed by atoms with van der Waals surface area (Å²) in [6.07, 6.45) is 0. The molecule has 0 aliphatic rings. The Hall–Kier alpha value is -0.540. The molecule has 1 N–H and O–H groups in total. The van der Waals surface area contributed by atoms with Crippen molar-refractivity contribution >= 4 is 18.4 Å². The summed E-state index contributed by atoms with van der Waals surface area (Å²) in [5, 5.41) is 8.19. The molecule has 0 aromatic carbocycles. The molecule has 0 unspecified atom stereocenters. The molecule has 0 aromatic heterocycles. The van der Waals surface area contributed by atoms with Crippen LogP contribution in [0.3, 0.4) is 0 Å². The van der Waals surface area contributed by atoms with E-state index in [2.05, 4.69) is 11.3 Å². The van der Waals surface area contributed by atoms with Crippen LogP contribution in [0.4, 0.5) is 0 Å². The molecule has 0 bridgehead atoms. The number of carbonyl (C=O) groups is 1. The highest BCUT2D eigenvalue weighted by molar-refractivity contribution is 5.86. The first-order chi connectivity index (χ1) is 4.18. The Balaban J connectivity index is 0. The van der Waals surface area contributed by atoms with E-state index >= 15 is 0 Å². The summed E-state index contributed by atoms with van der Waals surface area (Å²) in [4.78, 5) is 10.5. The third-order valence-corrected chi connectivity index (χ3v) is 0.673. The number of rotatable bonds is 3. The van der Waals surface area contributed by atoms with Crippen LogP contribution >= 0.6 is 12.4 Å². The topological polar surface area (TPSA) is 46.5 Å². The second-order valence-electron chi connectivity index (χ2n) is 1.64. The van der Waals surface area contributed by atoms with Gasteiger partial charge >= 0.3 is 5.97 Å². The minimum atomic E-state index is -0.455. The summed E-state index contributed by atoms with van der Waals surface area (Å²) in [6, 6.07) is 0. The zero-order valence-electron chi connectivity index (χ0n) is 5.79. The van der Waals surface area contributed by atoms with E-state index in [9.17, 15) is 4.79 Å². The zero-order chi connectivity index (χ0) is 7.28. The predicted octanol–water partition coefficient (Wildman–Crippen LogP) is 0.520. The summed E-state index contributed by atoms with van der Waals surface area (Å²) < 4.78 is 4.46. The van der Waals surface area contributed by atoms with Crippen LogP contribution in [-0.4, -0.2) is 24.3 Å². The first-order valence-electron chi connectivity index (χ1n) is 2.62. The molecule has 0 aliphatic carbocycles. The van der Waals surface area contributed by atoms with E-state index in [1.54, 1.807) is 6.92 Å². The minimum Gasteiger partial charge on any atom is -0.460 e. The van der Waals surface area contributed by atoms with Crippen LogP contribution in [0.15, 0.2) is 12.2 Å². The third-order valence-electron chi connectivity index (χ3n) is 0.673. The van der Waals surface area contributed by atoms with E-state index in [4.69, 9.17) is 5.11 Å². The lowest BCUT2D eigenvalue weighted by Crippen LogP contribution is -2.08. The summed E-state index contributed by atoms with van der Waals surface area (Å²) >= 11 is 0. The van der Waals surface area contributed by atoms with Gasteiger partial charge in [0, 0.05) is 5.57 Å². The van der Waals surface area contributed by atoms with Gasteiger partial charge in [-0.15, -0.1) is 12.4 Å². The SMILES string of the molecule is C=C(C)C(=O)OCCO.Cl. The number of carbonyl (C=O) groups excluding carboxylic acids is 1. The lowest BCUT2D eigenvalue weighted by atomic mass is 10.4. The van der Waals surface area contributed by atoms with Gasteiger partial charge in [-0.2, -0.15) is 0 Å². The van der Waals surface area contributed by atoms with Gasteiger partial charge in [0.05, 0.1) is 6.61 Å². The van der Waals surface area contributed by atoms with Gasteiger partial charge in [0.1, 0.15) is 6.61 Å². The number of hydrogen-bond donors (Lipinski definition) is 1. The van der Waals surface area contributed by atoms with Crippen molar-refractivity contribution in [2.45, 2.75) is 6.92 Å². The van der Waals surface area contributed by atoms with Crippen molar-refractivity contribution in [2.75, 3.05) is 13.2 Å². The quantitative estimate of drug-likeness (QED) is 0.491. The van der Waals surface area contributed by atoms with E-state index < -0.39 is 5.97 Å². The molecule has 0 atom stereocenters. The lowest BCUT2D eigenvalue weighted by Gasteiger charge is -1.99. The van der Waals surface area contributed by atoms with Gasteiger partial charge in [0.2, 0.25) is 0 Å². The van der Waals surface area contributed by atoms with E-state index in [0.717, 1.165) is 0 Å². The Labute approximate surface area is 66.1 Å². The van der Waals surface area contributed by atoms with Gasteiger partial charge in [0.15, 0.2) is 0 Å². The lowest BCUT2D eigenvalue weighted by molar-refractivity contribution is -0.139. The second-order valence-corrected chi connectivity index (χ2v) is 1.64. The van der Waals surface area contributed by atoms with Crippen LogP contribution in [0, 0.1) is 0 Å². The van der Waals surface area contributed by atoms with Crippen LogP contribution in [-0.2, 0) is 9.53 Å². The molecule has 0 heterocycles. The number of aliphatic hydroxyl groups excluding tert-OH is 1. The zero-order valence-corrected chi connectivity index (χ0v) is 6.61. The van der Waals surface area contributed by atoms with Crippen molar-refractivity contribution in [3.05, 3.63) is 12.2 Å². The number of esters is 1. The van der Waals surface area contributed by atoms with Crippen molar-refractivity contribution in [2.24, 2.45) is 0 Å². The highest BCUT2D eigenvalue weighted by Gasteiger charge is 1.99. The monoisotopic (exact) mass is 166 g/mol. The van der Waals surface area contributed by atoms with Gasteiger partial charge < -0.3 is 9.84 Å².